The molecule has 0 saturated carbocycles. The van der Waals surface area contributed by atoms with Crippen molar-refractivity contribution >= 4 is 67.8 Å². The first-order chi connectivity index (χ1) is 10.4. The maximum atomic E-state index is 6.12. The van der Waals surface area contributed by atoms with E-state index in [4.69, 9.17) is 5.73 Å². The van der Waals surface area contributed by atoms with Gasteiger partial charge in [0.2, 0.25) is 0 Å². The minimum Gasteiger partial charge on any atom is -0.324 e. The van der Waals surface area contributed by atoms with Crippen molar-refractivity contribution in [3.63, 3.8) is 0 Å². The Balaban J connectivity index is 2.25. The predicted octanol–water partition coefficient (Wildman–Crippen LogP) is 5.54. The summed E-state index contributed by atoms with van der Waals surface area (Å²) in [4.78, 5) is 0. The Morgan fingerprint density at radius 3 is 2.27 bits per heavy atom. The molecule has 0 radical (unpaired) electrons. The summed E-state index contributed by atoms with van der Waals surface area (Å²) < 4.78 is 3.91. The molecule has 2 aromatic carbocycles. The Hall–Kier alpha value is 0.330. The topological polar surface area (TPSA) is 26.0 Å². The molecule has 2 aromatic rings. The summed E-state index contributed by atoms with van der Waals surface area (Å²) in [7, 11) is 0. The van der Waals surface area contributed by atoms with Crippen molar-refractivity contribution < 1.29 is 0 Å². The van der Waals surface area contributed by atoms with Crippen LogP contribution >= 0.6 is 67.8 Å². The van der Waals surface area contributed by atoms with Crippen LogP contribution in [0.2, 0.25) is 0 Å². The van der Waals surface area contributed by atoms with Gasteiger partial charge in [0, 0.05) is 16.8 Å². The van der Waals surface area contributed by atoms with E-state index in [1.165, 1.54) is 27.4 Å². The molecular weight excluding hydrogens is 611 g/mol. The van der Waals surface area contributed by atoms with Gasteiger partial charge in [-0.2, -0.15) is 0 Å². The molecular formula is C18H18I3N. The summed E-state index contributed by atoms with van der Waals surface area (Å²) in [6.45, 7) is 5.94. The molecule has 0 saturated heterocycles. The molecule has 1 atom stereocenters. The zero-order chi connectivity index (χ0) is 16.3. The molecule has 0 heterocycles. The number of rotatable bonds is 5. The van der Waals surface area contributed by atoms with Crippen molar-refractivity contribution in [1.82, 2.24) is 0 Å². The van der Waals surface area contributed by atoms with E-state index in [-0.39, 0.29) is 6.04 Å². The van der Waals surface area contributed by atoms with Gasteiger partial charge in [-0.05, 0) is 128 Å². The summed E-state index contributed by atoms with van der Waals surface area (Å²) in [6.07, 6.45) is 1.82. The maximum Gasteiger partial charge on any atom is 0.0289 e. The fraction of sp³-hybridized carbons (Fsp3) is 0.222. The van der Waals surface area contributed by atoms with Crippen LogP contribution < -0.4 is 5.73 Å². The molecule has 22 heavy (non-hydrogen) atoms. The molecule has 1 nitrogen and oxygen atoms in total. The molecule has 0 spiro atoms. The van der Waals surface area contributed by atoms with Crippen molar-refractivity contribution in [2.24, 2.45) is 5.73 Å². The van der Waals surface area contributed by atoms with Crippen molar-refractivity contribution in [3.8, 4) is 0 Å². The first kappa shape index (κ1) is 18.7. The lowest BCUT2D eigenvalue weighted by Gasteiger charge is -2.15. The molecule has 0 aromatic heterocycles. The van der Waals surface area contributed by atoms with E-state index in [0.29, 0.717) is 0 Å². The Morgan fingerprint density at radius 2 is 1.73 bits per heavy atom. The zero-order valence-corrected chi connectivity index (χ0v) is 18.8. The summed E-state index contributed by atoms with van der Waals surface area (Å²) in [5, 5.41) is 0. The standard InChI is InChI=1S/C18H18I3N/c1-11(2)18(22)10-13-8-16(20)15(17(21)9-13)7-12-4-3-5-14(19)6-12/h3-6,8-9,18H,1,7,10,22H2,2H3. The quantitative estimate of drug-likeness (QED) is 0.342. The fourth-order valence-electron chi connectivity index (χ4n) is 2.22. The smallest absolute Gasteiger partial charge is 0.0289 e. The molecule has 0 bridgehead atoms. The van der Waals surface area contributed by atoms with E-state index in [2.05, 4.69) is 111 Å². The van der Waals surface area contributed by atoms with Gasteiger partial charge < -0.3 is 5.73 Å². The van der Waals surface area contributed by atoms with Crippen LogP contribution in [0.15, 0.2) is 48.6 Å². The normalized spacial score (nSPS) is 12.2. The Labute approximate surface area is 173 Å². The maximum absolute atomic E-state index is 6.12. The molecule has 2 N–H and O–H groups in total. The second-order valence-corrected chi connectivity index (χ2v) is 9.07. The van der Waals surface area contributed by atoms with E-state index < -0.39 is 0 Å². The molecule has 0 aliphatic rings. The van der Waals surface area contributed by atoms with E-state index in [9.17, 15) is 0 Å². The summed E-state index contributed by atoms with van der Waals surface area (Å²) >= 11 is 7.25. The molecule has 2 rings (SSSR count). The number of hydrogen-bond donors (Lipinski definition) is 1. The van der Waals surface area contributed by atoms with Crippen LogP contribution in [-0.2, 0) is 12.8 Å². The molecule has 116 valence electrons. The van der Waals surface area contributed by atoms with Crippen molar-refractivity contribution in [2.75, 3.05) is 0 Å². The summed E-state index contributed by atoms with van der Waals surface area (Å²) in [5.74, 6) is 0. The van der Waals surface area contributed by atoms with Gasteiger partial charge in [-0.15, -0.1) is 0 Å². The van der Waals surface area contributed by atoms with Crippen LogP contribution in [0.1, 0.15) is 23.6 Å². The second kappa shape index (κ2) is 8.43. The van der Waals surface area contributed by atoms with Crippen LogP contribution in [0, 0.1) is 10.7 Å². The van der Waals surface area contributed by atoms with E-state index in [0.717, 1.165) is 18.4 Å². The van der Waals surface area contributed by atoms with Crippen molar-refractivity contribution in [1.29, 1.82) is 0 Å². The fourth-order valence-corrected chi connectivity index (χ4v) is 5.11. The van der Waals surface area contributed by atoms with Gasteiger partial charge in [0.25, 0.3) is 0 Å². The molecule has 0 aliphatic carbocycles. The van der Waals surface area contributed by atoms with E-state index in [1.54, 1.807) is 0 Å². The number of benzene rings is 2. The van der Waals surface area contributed by atoms with Gasteiger partial charge in [-0.1, -0.05) is 24.3 Å². The van der Waals surface area contributed by atoms with Crippen LogP contribution in [-0.4, -0.2) is 6.04 Å². The van der Waals surface area contributed by atoms with E-state index >= 15 is 0 Å². The van der Waals surface area contributed by atoms with Crippen LogP contribution in [0.25, 0.3) is 0 Å². The van der Waals surface area contributed by atoms with Crippen molar-refractivity contribution in [2.45, 2.75) is 25.8 Å². The highest BCUT2D eigenvalue weighted by Crippen LogP contribution is 2.25. The van der Waals surface area contributed by atoms with E-state index in [1.807, 2.05) is 6.92 Å². The molecule has 1 unspecified atom stereocenters. The van der Waals surface area contributed by atoms with Gasteiger partial charge >= 0.3 is 0 Å². The predicted molar refractivity (Wildman–Crippen MR) is 120 cm³/mol. The first-order valence-electron chi connectivity index (χ1n) is 6.99. The molecule has 0 aliphatic heterocycles. The van der Waals surface area contributed by atoms with Crippen molar-refractivity contribution in [3.05, 3.63) is 76.0 Å². The third-order valence-electron chi connectivity index (χ3n) is 3.56. The Kier molecular flexibility index (Phi) is 7.16. The first-order valence-corrected chi connectivity index (χ1v) is 10.2. The van der Waals surface area contributed by atoms with Gasteiger partial charge in [0.15, 0.2) is 0 Å². The van der Waals surface area contributed by atoms with Gasteiger partial charge in [-0.3, -0.25) is 0 Å². The largest absolute Gasteiger partial charge is 0.324 e. The highest BCUT2D eigenvalue weighted by Gasteiger charge is 2.11. The van der Waals surface area contributed by atoms with Gasteiger partial charge in [0.05, 0.1) is 0 Å². The van der Waals surface area contributed by atoms with Gasteiger partial charge in [-0.25, -0.2) is 0 Å². The second-order valence-electron chi connectivity index (χ2n) is 5.50. The van der Waals surface area contributed by atoms with Crippen LogP contribution in [0.5, 0.6) is 0 Å². The number of halogens is 3. The minimum absolute atomic E-state index is 0.0353. The highest BCUT2D eigenvalue weighted by molar-refractivity contribution is 14.1. The third-order valence-corrected chi connectivity index (χ3v) is 6.16. The Morgan fingerprint density at radius 1 is 1.09 bits per heavy atom. The molecule has 0 fully saturated rings. The zero-order valence-electron chi connectivity index (χ0n) is 12.4. The Bertz CT molecular complexity index is 671. The average molecular weight is 629 g/mol. The SMILES string of the molecule is C=C(C)C(N)Cc1cc(I)c(Cc2cccc(I)c2)c(I)c1. The van der Waals surface area contributed by atoms with Crippen LogP contribution in [0.4, 0.5) is 0 Å². The number of nitrogens with two attached hydrogens (primary N) is 1. The molecule has 4 heteroatoms. The summed E-state index contributed by atoms with van der Waals surface area (Å²) in [5.41, 5.74) is 11.2. The van der Waals surface area contributed by atoms with Crippen LogP contribution in [0.3, 0.4) is 0 Å². The molecule has 0 amide bonds. The monoisotopic (exact) mass is 629 g/mol. The lowest BCUT2D eigenvalue weighted by Crippen LogP contribution is -2.23. The lowest BCUT2D eigenvalue weighted by atomic mass is 9.99. The summed E-state index contributed by atoms with van der Waals surface area (Å²) in [6, 6.07) is 13.2. The number of hydrogen-bond acceptors (Lipinski definition) is 1. The lowest BCUT2D eigenvalue weighted by molar-refractivity contribution is 0.765. The van der Waals surface area contributed by atoms with Gasteiger partial charge in [0.1, 0.15) is 0 Å². The minimum atomic E-state index is 0.0353. The third kappa shape index (κ3) is 5.17. The highest BCUT2D eigenvalue weighted by atomic mass is 127. The average Bonchev–Trinajstić information content (AvgIpc) is 2.43.